The number of carbonyl (C=O) groups is 1. The highest BCUT2D eigenvalue weighted by atomic mass is 16.1. The van der Waals surface area contributed by atoms with E-state index in [-0.39, 0.29) is 11.3 Å². The largest absolute Gasteiger partial charge is 0.350 e. The Bertz CT molecular complexity index is 398. The number of carbonyl (C=O) groups excluding carboxylic acids is 1. The Morgan fingerprint density at radius 3 is 2.56 bits per heavy atom. The number of nitrogens with one attached hydrogen (secondary N) is 2. The van der Waals surface area contributed by atoms with Crippen molar-refractivity contribution in [1.29, 1.82) is 0 Å². The molecule has 0 spiro atoms. The van der Waals surface area contributed by atoms with Crippen LogP contribution >= 0.6 is 0 Å². The Morgan fingerprint density at radius 2 is 2.11 bits per heavy atom. The van der Waals surface area contributed by atoms with Crippen molar-refractivity contribution >= 4 is 11.6 Å². The van der Waals surface area contributed by atoms with Crippen molar-refractivity contribution in [2.75, 3.05) is 12.0 Å². The van der Waals surface area contributed by atoms with Gasteiger partial charge in [0.15, 0.2) is 0 Å². The van der Waals surface area contributed by atoms with Gasteiger partial charge < -0.3 is 10.7 Å². The summed E-state index contributed by atoms with van der Waals surface area (Å²) in [5.41, 5.74) is 3.61. The molecule has 5 heteroatoms. The zero-order chi connectivity index (χ0) is 13.8. The van der Waals surface area contributed by atoms with Crippen LogP contribution in [0.1, 0.15) is 38.2 Å². The van der Waals surface area contributed by atoms with Crippen LogP contribution in [0, 0.1) is 11.3 Å². The molecule has 1 heterocycles. The fourth-order valence-corrected chi connectivity index (χ4v) is 1.22. The molecule has 4 N–H and O–H groups in total. The Balaban J connectivity index is 2.60. The number of aromatic nitrogens is 1. The number of pyridine rings is 1. The van der Waals surface area contributed by atoms with Gasteiger partial charge >= 0.3 is 0 Å². The summed E-state index contributed by atoms with van der Waals surface area (Å²) in [4.78, 5) is 15.9. The van der Waals surface area contributed by atoms with Crippen LogP contribution in [0.15, 0.2) is 18.3 Å². The molecule has 5 nitrogen and oxygen atoms in total. The Labute approximate surface area is 108 Å². The predicted octanol–water partition coefficient (Wildman–Crippen LogP) is 1.78. The lowest BCUT2D eigenvalue weighted by atomic mass is 9.81. The quantitative estimate of drug-likeness (QED) is 0.549. The third kappa shape index (κ3) is 3.70. The first kappa shape index (κ1) is 14.4. The number of nitrogens with zero attached hydrogens (tertiary/aromatic N) is 1. The highest BCUT2D eigenvalue weighted by molar-refractivity contribution is 5.92. The summed E-state index contributed by atoms with van der Waals surface area (Å²) in [6, 6.07) is 3.36. The molecular weight excluding hydrogens is 228 g/mol. The summed E-state index contributed by atoms with van der Waals surface area (Å²) >= 11 is 0. The van der Waals surface area contributed by atoms with E-state index in [4.69, 9.17) is 5.84 Å². The van der Waals surface area contributed by atoms with Gasteiger partial charge in [0, 0.05) is 6.54 Å². The third-order valence-corrected chi connectivity index (χ3v) is 3.43. The maximum atomic E-state index is 11.9. The number of hydrogen-bond acceptors (Lipinski definition) is 4. The summed E-state index contributed by atoms with van der Waals surface area (Å²) in [6.07, 6.45) is 1.53. The van der Waals surface area contributed by atoms with Gasteiger partial charge in [0.2, 0.25) is 0 Å². The molecule has 0 unspecified atom stereocenters. The van der Waals surface area contributed by atoms with Crippen LogP contribution in [-0.2, 0) is 0 Å². The molecule has 0 saturated heterocycles. The van der Waals surface area contributed by atoms with Crippen molar-refractivity contribution in [2.45, 2.75) is 27.7 Å². The fourth-order valence-electron chi connectivity index (χ4n) is 1.22. The van der Waals surface area contributed by atoms with E-state index < -0.39 is 0 Å². The summed E-state index contributed by atoms with van der Waals surface area (Å²) in [5.74, 6) is 5.57. The van der Waals surface area contributed by atoms with E-state index in [2.05, 4.69) is 43.4 Å². The van der Waals surface area contributed by atoms with Gasteiger partial charge in [0.1, 0.15) is 5.69 Å². The minimum absolute atomic E-state index is 0.0639. The van der Waals surface area contributed by atoms with E-state index in [1.165, 1.54) is 6.20 Å². The van der Waals surface area contributed by atoms with Crippen molar-refractivity contribution in [3.63, 3.8) is 0 Å². The topological polar surface area (TPSA) is 80.0 Å². The fraction of sp³-hybridized carbons (Fsp3) is 0.538. The molecule has 1 aromatic heterocycles. The molecule has 100 valence electrons. The van der Waals surface area contributed by atoms with Crippen LogP contribution in [0.2, 0.25) is 0 Å². The van der Waals surface area contributed by atoms with Crippen LogP contribution in [0.25, 0.3) is 0 Å². The average Bonchev–Trinajstić information content (AvgIpc) is 2.36. The predicted molar refractivity (Wildman–Crippen MR) is 73.0 cm³/mol. The highest BCUT2D eigenvalue weighted by Crippen LogP contribution is 2.24. The first-order valence-electron chi connectivity index (χ1n) is 6.07. The molecule has 0 aliphatic carbocycles. The molecule has 0 fully saturated rings. The maximum Gasteiger partial charge on any atom is 0.269 e. The van der Waals surface area contributed by atoms with E-state index in [1.54, 1.807) is 12.1 Å². The number of rotatable bonds is 5. The lowest BCUT2D eigenvalue weighted by Gasteiger charge is -2.29. The van der Waals surface area contributed by atoms with Gasteiger partial charge in [-0.1, -0.05) is 27.7 Å². The first-order valence-corrected chi connectivity index (χ1v) is 6.07. The molecule has 0 aromatic carbocycles. The SMILES string of the molecule is CC(C)C(C)(C)CNC(=O)c1ccc(NN)cn1. The molecule has 0 bridgehead atoms. The second-order valence-corrected chi connectivity index (χ2v) is 5.40. The smallest absolute Gasteiger partial charge is 0.269 e. The highest BCUT2D eigenvalue weighted by Gasteiger charge is 2.23. The molecule has 1 amide bonds. The van der Waals surface area contributed by atoms with Crippen molar-refractivity contribution in [3.8, 4) is 0 Å². The molecule has 0 saturated carbocycles. The molecule has 1 rings (SSSR count). The minimum Gasteiger partial charge on any atom is -0.350 e. The number of nitrogen functional groups attached to an aromatic ring is 1. The summed E-state index contributed by atoms with van der Waals surface area (Å²) in [5, 5.41) is 2.90. The van der Waals surface area contributed by atoms with Gasteiger partial charge in [0.25, 0.3) is 5.91 Å². The van der Waals surface area contributed by atoms with E-state index >= 15 is 0 Å². The standard InChI is InChI=1S/C13H22N4O/c1-9(2)13(3,4)8-16-12(18)11-6-5-10(17-14)7-15-11/h5-7,9,17H,8,14H2,1-4H3,(H,16,18). The second kappa shape index (κ2) is 5.82. The van der Waals surface area contributed by atoms with E-state index in [0.29, 0.717) is 23.8 Å². The molecule has 0 radical (unpaired) electrons. The van der Waals surface area contributed by atoms with Crippen LogP contribution < -0.4 is 16.6 Å². The number of nitrogens with two attached hydrogens (primary N) is 1. The second-order valence-electron chi connectivity index (χ2n) is 5.40. The molecule has 0 aliphatic heterocycles. The Hall–Kier alpha value is -1.62. The zero-order valence-corrected chi connectivity index (χ0v) is 11.4. The van der Waals surface area contributed by atoms with Gasteiger partial charge in [-0.2, -0.15) is 0 Å². The third-order valence-electron chi connectivity index (χ3n) is 3.43. The Kier molecular flexibility index (Phi) is 4.67. The molecule has 18 heavy (non-hydrogen) atoms. The van der Waals surface area contributed by atoms with Crippen LogP contribution in [0.5, 0.6) is 0 Å². The van der Waals surface area contributed by atoms with Gasteiger partial charge in [-0.25, -0.2) is 4.98 Å². The van der Waals surface area contributed by atoms with Gasteiger partial charge in [-0.05, 0) is 23.5 Å². The minimum atomic E-state index is -0.160. The van der Waals surface area contributed by atoms with Crippen molar-refractivity contribution < 1.29 is 4.79 Å². The van der Waals surface area contributed by atoms with Crippen molar-refractivity contribution in [3.05, 3.63) is 24.0 Å². The van der Waals surface area contributed by atoms with Crippen LogP contribution in [0.3, 0.4) is 0 Å². The van der Waals surface area contributed by atoms with Gasteiger partial charge in [-0.3, -0.25) is 10.6 Å². The van der Waals surface area contributed by atoms with Crippen LogP contribution in [0.4, 0.5) is 5.69 Å². The molecular formula is C13H22N4O. The van der Waals surface area contributed by atoms with Crippen LogP contribution in [-0.4, -0.2) is 17.4 Å². The molecule has 1 aromatic rings. The van der Waals surface area contributed by atoms with Crippen molar-refractivity contribution in [2.24, 2.45) is 17.2 Å². The summed E-state index contributed by atoms with van der Waals surface area (Å²) in [7, 11) is 0. The van der Waals surface area contributed by atoms with Crippen molar-refractivity contribution in [1.82, 2.24) is 10.3 Å². The van der Waals surface area contributed by atoms with Gasteiger partial charge in [-0.15, -0.1) is 0 Å². The van der Waals surface area contributed by atoms with Gasteiger partial charge in [0.05, 0.1) is 11.9 Å². The van der Waals surface area contributed by atoms with E-state index in [9.17, 15) is 4.79 Å². The summed E-state index contributed by atoms with van der Waals surface area (Å²) < 4.78 is 0. The monoisotopic (exact) mass is 250 g/mol. The number of anilines is 1. The lowest BCUT2D eigenvalue weighted by molar-refractivity contribution is 0.0920. The number of hydrazine groups is 1. The normalized spacial score (nSPS) is 11.4. The van der Waals surface area contributed by atoms with E-state index in [1.807, 2.05) is 0 Å². The lowest BCUT2D eigenvalue weighted by Crippen LogP contribution is -2.37. The maximum absolute atomic E-state index is 11.9. The number of hydrogen-bond donors (Lipinski definition) is 3. The first-order chi connectivity index (χ1) is 8.36. The molecule has 0 aliphatic rings. The number of amides is 1. The Morgan fingerprint density at radius 1 is 1.44 bits per heavy atom. The average molecular weight is 250 g/mol. The molecule has 0 atom stereocenters. The summed E-state index contributed by atoms with van der Waals surface area (Å²) in [6.45, 7) is 9.18. The van der Waals surface area contributed by atoms with E-state index in [0.717, 1.165) is 0 Å². The zero-order valence-electron chi connectivity index (χ0n) is 11.4.